The van der Waals surface area contributed by atoms with E-state index >= 15 is 0 Å². The van der Waals surface area contributed by atoms with Crippen molar-refractivity contribution in [1.29, 1.82) is 0 Å². The minimum absolute atomic E-state index is 0.500. The molecule has 0 aliphatic carbocycles. The number of hydrogen-bond acceptors (Lipinski definition) is 3. The quantitative estimate of drug-likeness (QED) is 0.579. The second-order valence-corrected chi connectivity index (χ2v) is 3.13. The van der Waals surface area contributed by atoms with Crippen molar-refractivity contribution < 1.29 is 9.90 Å². The van der Waals surface area contributed by atoms with Crippen LogP contribution in [0.15, 0.2) is 24.3 Å². The van der Waals surface area contributed by atoms with Crippen molar-refractivity contribution in [3.05, 3.63) is 29.8 Å². The van der Waals surface area contributed by atoms with Crippen molar-refractivity contribution in [2.75, 3.05) is 5.73 Å². The molecule has 1 aromatic rings. The Morgan fingerprint density at radius 3 is 2.62 bits per heavy atom. The first-order chi connectivity index (χ1) is 5.94. The van der Waals surface area contributed by atoms with Gasteiger partial charge >= 0.3 is 5.97 Å². The van der Waals surface area contributed by atoms with Gasteiger partial charge < -0.3 is 16.6 Å². The molecule has 5 N–H and O–H groups in total. The van der Waals surface area contributed by atoms with Crippen LogP contribution in [0.4, 0.5) is 5.69 Å². The highest BCUT2D eigenvalue weighted by Crippen LogP contribution is 2.19. The molecule has 70 valence electrons. The van der Waals surface area contributed by atoms with E-state index in [-0.39, 0.29) is 0 Å². The van der Waals surface area contributed by atoms with Crippen LogP contribution < -0.4 is 11.5 Å². The van der Waals surface area contributed by atoms with Gasteiger partial charge in [-0.25, -0.2) is 4.79 Å². The third-order valence-corrected chi connectivity index (χ3v) is 1.93. The van der Waals surface area contributed by atoms with Crippen LogP contribution in [0.1, 0.15) is 12.5 Å². The molecule has 0 amide bonds. The summed E-state index contributed by atoms with van der Waals surface area (Å²) in [5.74, 6) is -1.07. The highest BCUT2D eigenvalue weighted by Gasteiger charge is 2.29. The molecule has 0 bridgehead atoms. The van der Waals surface area contributed by atoms with Crippen LogP contribution in [-0.2, 0) is 10.3 Å². The largest absolute Gasteiger partial charge is 0.480 e. The number of carboxylic acids is 1. The topological polar surface area (TPSA) is 89.3 Å². The van der Waals surface area contributed by atoms with Gasteiger partial charge in [-0.15, -0.1) is 0 Å². The first kappa shape index (κ1) is 9.54. The number of carbonyl (C=O) groups is 1. The van der Waals surface area contributed by atoms with Crippen molar-refractivity contribution in [2.45, 2.75) is 12.5 Å². The third-order valence-electron chi connectivity index (χ3n) is 1.93. The van der Waals surface area contributed by atoms with E-state index in [0.717, 1.165) is 0 Å². The standard InChI is InChI=1S/C9H12N2O2/c1-9(11,8(12)13)6-3-2-4-7(10)5-6/h2-5H,10-11H2,1H3,(H,12,13)/t9-/m0/s1. The van der Waals surface area contributed by atoms with E-state index in [9.17, 15) is 4.79 Å². The van der Waals surface area contributed by atoms with Crippen LogP contribution in [0, 0.1) is 0 Å². The van der Waals surface area contributed by atoms with Gasteiger partial charge in [-0.2, -0.15) is 0 Å². The normalized spacial score (nSPS) is 14.9. The summed E-state index contributed by atoms with van der Waals surface area (Å²) in [5.41, 5.74) is 10.7. The van der Waals surface area contributed by atoms with Crippen LogP contribution in [0.2, 0.25) is 0 Å². The molecule has 1 aromatic carbocycles. The summed E-state index contributed by atoms with van der Waals surface area (Å²) >= 11 is 0. The fourth-order valence-corrected chi connectivity index (χ4v) is 0.985. The molecular weight excluding hydrogens is 168 g/mol. The Balaban J connectivity index is 3.14. The van der Waals surface area contributed by atoms with Gasteiger partial charge in [0, 0.05) is 5.69 Å². The molecule has 0 saturated heterocycles. The number of nitrogens with two attached hydrogens (primary N) is 2. The number of aliphatic carboxylic acids is 1. The second-order valence-electron chi connectivity index (χ2n) is 3.13. The van der Waals surface area contributed by atoms with Gasteiger partial charge in [0.15, 0.2) is 0 Å². The maximum atomic E-state index is 10.8. The Hall–Kier alpha value is -1.55. The summed E-state index contributed by atoms with van der Waals surface area (Å²) in [6, 6.07) is 6.57. The summed E-state index contributed by atoms with van der Waals surface area (Å²) in [4.78, 5) is 10.8. The zero-order valence-electron chi connectivity index (χ0n) is 7.32. The van der Waals surface area contributed by atoms with Gasteiger partial charge in [0.1, 0.15) is 5.54 Å². The van der Waals surface area contributed by atoms with Gasteiger partial charge in [0.05, 0.1) is 0 Å². The van der Waals surface area contributed by atoms with Crippen molar-refractivity contribution in [3.63, 3.8) is 0 Å². The number of hydrogen-bond donors (Lipinski definition) is 3. The molecule has 0 aliphatic rings. The molecule has 0 unspecified atom stereocenters. The number of carboxylic acid groups (broad SMARTS) is 1. The van der Waals surface area contributed by atoms with Crippen LogP contribution in [0.5, 0.6) is 0 Å². The fraction of sp³-hybridized carbons (Fsp3) is 0.222. The van der Waals surface area contributed by atoms with Crippen molar-refractivity contribution in [3.8, 4) is 0 Å². The van der Waals surface area contributed by atoms with Crippen molar-refractivity contribution in [1.82, 2.24) is 0 Å². The monoisotopic (exact) mass is 180 g/mol. The highest BCUT2D eigenvalue weighted by molar-refractivity contribution is 5.80. The van der Waals surface area contributed by atoms with Gasteiger partial charge in [-0.1, -0.05) is 12.1 Å². The molecule has 0 heterocycles. The first-order valence-electron chi connectivity index (χ1n) is 3.83. The lowest BCUT2D eigenvalue weighted by Gasteiger charge is -2.19. The van der Waals surface area contributed by atoms with E-state index < -0.39 is 11.5 Å². The Morgan fingerprint density at radius 2 is 2.15 bits per heavy atom. The highest BCUT2D eigenvalue weighted by atomic mass is 16.4. The van der Waals surface area contributed by atoms with E-state index in [2.05, 4.69) is 0 Å². The lowest BCUT2D eigenvalue weighted by atomic mass is 9.93. The SMILES string of the molecule is C[C@@](N)(C(=O)O)c1cccc(N)c1. The molecule has 1 rings (SSSR count). The predicted octanol–water partition coefficient (Wildman–Crippen LogP) is 0.527. The number of anilines is 1. The number of nitrogen functional groups attached to an aromatic ring is 1. The molecule has 4 nitrogen and oxygen atoms in total. The van der Waals surface area contributed by atoms with Crippen LogP contribution in [0.25, 0.3) is 0 Å². The van der Waals surface area contributed by atoms with E-state index in [1.165, 1.54) is 6.92 Å². The maximum Gasteiger partial charge on any atom is 0.328 e. The third kappa shape index (κ3) is 1.78. The molecular formula is C9H12N2O2. The fourth-order valence-electron chi connectivity index (χ4n) is 0.985. The average Bonchev–Trinajstić information content (AvgIpc) is 2.04. The average molecular weight is 180 g/mol. The maximum absolute atomic E-state index is 10.8. The van der Waals surface area contributed by atoms with Gasteiger partial charge in [0.25, 0.3) is 0 Å². The number of benzene rings is 1. The molecule has 0 fully saturated rings. The molecule has 0 radical (unpaired) electrons. The molecule has 0 saturated carbocycles. The first-order valence-corrected chi connectivity index (χ1v) is 3.83. The lowest BCUT2D eigenvalue weighted by Crippen LogP contribution is -2.41. The smallest absolute Gasteiger partial charge is 0.328 e. The van der Waals surface area contributed by atoms with E-state index in [1.807, 2.05) is 0 Å². The summed E-state index contributed by atoms with van der Waals surface area (Å²) < 4.78 is 0. The molecule has 13 heavy (non-hydrogen) atoms. The van der Waals surface area contributed by atoms with Crippen LogP contribution >= 0.6 is 0 Å². The zero-order valence-corrected chi connectivity index (χ0v) is 7.32. The van der Waals surface area contributed by atoms with Crippen LogP contribution in [-0.4, -0.2) is 11.1 Å². The van der Waals surface area contributed by atoms with E-state index in [4.69, 9.17) is 16.6 Å². The lowest BCUT2D eigenvalue weighted by molar-refractivity contribution is -0.143. The van der Waals surface area contributed by atoms with Gasteiger partial charge in [-0.3, -0.25) is 0 Å². The Bertz CT molecular complexity index is 334. The second kappa shape index (κ2) is 3.06. The summed E-state index contributed by atoms with van der Waals surface area (Å²) in [5, 5.41) is 8.82. The molecule has 0 aliphatic heterocycles. The van der Waals surface area contributed by atoms with Crippen molar-refractivity contribution in [2.24, 2.45) is 5.73 Å². The Kier molecular flexibility index (Phi) is 2.25. The molecule has 4 heteroatoms. The van der Waals surface area contributed by atoms with Gasteiger partial charge in [0.2, 0.25) is 0 Å². The summed E-state index contributed by atoms with van der Waals surface area (Å²) in [7, 11) is 0. The molecule has 0 aromatic heterocycles. The Labute approximate surface area is 76.2 Å². The van der Waals surface area contributed by atoms with Gasteiger partial charge in [-0.05, 0) is 24.6 Å². The van der Waals surface area contributed by atoms with Crippen molar-refractivity contribution >= 4 is 11.7 Å². The molecule has 1 atom stereocenters. The minimum atomic E-state index is -1.38. The van der Waals surface area contributed by atoms with Crippen LogP contribution in [0.3, 0.4) is 0 Å². The summed E-state index contributed by atoms with van der Waals surface area (Å²) in [6.45, 7) is 1.43. The minimum Gasteiger partial charge on any atom is -0.480 e. The summed E-state index contributed by atoms with van der Waals surface area (Å²) in [6.07, 6.45) is 0. The Morgan fingerprint density at radius 1 is 1.54 bits per heavy atom. The predicted molar refractivity (Wildman–Crippen MR) is 50.0 cm³/mol. The van der Waals surface area contributed by atoms with E-state index in [1.54, 1.807) is 24.3 Å². The molecule has 0 spiro atoms. The number of rotatable bonds is 2. The van der Waals surface area contributed by atoms with E-state index in [0.29, 0.717) is 11.3 Å². The zero-order chi connectivity index (χ0) is 10.1.